The van der Waals surface area contributed by atoms with Gasteiger partial charge in [-0.2, -0.15) is 0 Å². The topological polar surface area (TPSA) is 137 Å². The zero-order valence-electron chi connectivity index (χ0n) is 15.2. The maximum Gasteiger partial charge on any atom is 0.320 e. The first-order chi connectivity index (χ1) is 13.1. The van der Waals surface area contributed by atoms with Crippen LogP contribution in [0, 0.1) is 5.92 Å². The molecule has 2 N–H and O–H groups in total. The summed E-state index contributed by atoms with van der Waals surface area (Å²) in [5.41, 5.74) is 11.3. The number of H-pyrrole nitrogens is 1. The van der Waals surface area contributed by atoms with Crippen LogP contribution in [0.3, 0.4) is 0 Å². The molecule has 2 aromatic rings. The molecule has 27 heavy (non-hydrogen) atoms. The van der Waals surface area contributed by atoms with E-state index in [9.17, 15) is 14.7 Å². The molecule has 0 aliphatic carbocycles. The second-order valence-electron chi connectivity index (χ2n) is 5.93. The Morgan fingerprint density at radius 3 is 2.48 bits per heavy atom. The third kappa shape index (κ3) is 4.58. The molecule has 0 bridgehead atoms. The fourth-order valence-corrected chi connectivity index (χ4v) is 3.15. The molecule has 0 saturated carbocycles. The Morgan fingerprint density at radius 1 is 1.22 bits per heavy atom. The Labute approximate surface area is 155 Å². The second-order valence-corrected chi connectivity index (χ2v) is 5.93. The second kappa shape index (κ2) is 9.61. The fraction of sp³-hybridized carbons (Fsp3) is 0.444. The predicted molar refractivity (Wildman–Crippen MR) is 97.7 cm³/mol. The van der Waals surface area contributed by atoms with Crippen LogP contribution in [-0.2, 0) is 25.5 Å². The van der Waals surface area contributed by atoms with Gasteiger partial charge in [-0.25, -0.2) is 0 Å². The van der Waals surface area contributed by atoms with Crippen molar-refractivity contribution in [2.45, 2.75) is 25.3 Å². The van der Waals surface area contributed by atoms with Crippen LogP contribution >= 0.6 is 0 Å². The molecule has 1 heterocycles. The molecule has 1 aromatic carbocycles. The summed E-state index contributed by atoms with van der Waals surface area (Å²) in [6, 6.07) is 6.92. The maximum atomic E-state index is 11.9. The normalized spacial score (nSPS) is 11.9. The van der Waals surface area contributed by atoms with Gasteiger partial charge < -0.3 is 19.6 Å². The Hall–Kier alpha value is -3.03. The van der Waals surface area contributed by atoms with Gasteiger partial charge in [0.05, 0.1) is 20.3 Å². The monoisotopic (exact) mass is 374 g/mol. The Balaban J connectivity index is 2.36. The summed E-state index contributed by atoms with van der Waals surface area (Å²) < 4.78 is 9.32. The molecule has 0 fully saturated rings. The highest BCUT2D eigenvalue weighted by molar-refractivity contribution is 5.94. The van der Waals surface area contributed by atoms with Crippen LogP contribution in [-0.4, -0.2) is 42.9 Å². The minimum Gasteiger partial charge on any atom is -0.468 e. The first-order valence-electron chi connectivity index (χ1n) is 8.47. The van der Waals surface area contributed by atoms with Crippen molar-refractivity contribution >= 4 is 22.8 Å². The van der Waals surface area contributed by atoms with Crippen LogP contribution in [0.1, 0.15) is 30.1 Å². The molecule has 2 rings (SSSR count). The van der Waals surface area contributed by atoms with Gasteiger partial charge in [0.25, 0.3) is 0 Å². The van der Waals surface area contributed by atoms with Crippen molar-refractivity contribution in [1.29, 1.82) is 0 Å². The minimum atomic E-state index is -1.10. The van der Waals surface area contributed by atoms with Crippen molar-refractivity contribution in [2.75, 3.05) is 20.8 Å². The predicted octanol–water partition coefficient (Wildman–Crippen LogP) is 2.80. The zero-order valence-corrected chi connectivity index (χ0v) is 15.2. The molecular formula is C18H22N4O5. The number of aromatic nitrogens is 1. The van der Waals surface area contributed by atoms with Gasteiger partial charge in [-0.15, -0.1) is 0 Å². The number of nitrogens with one attached hydrogen (secondary N) is 1. The summed E-state index contributed by atoms with van der Waals surface area (Å²) in [6.45, 7) is -0.0647. The largest absolute Gasteiger partial charge is 0.468 e. The van der Waals surface area contributed by atoms with Gasteiger partial charge in [-0.3, -0.25) is 9.59 Å². The van der Waals surface area contributed by atoms with Crippen molar-refractivity contribution in [1.82, 2.24) is 4.98 Å². The Kier molecular flexibility index (Phi) is 7.22. The number of aliphatic hydroxyl groups is 1. The molecule has 9 nitrogen and oxygen atoms in total. The Bertz CT molecular complexity index is 841. The fourth-order valence-electron chi connectivity index (χ4n) is 3.15. The van der Waals surface area contributed by atoms with E-state index in [0.29, 0.717) is 12.1 Å². The van der Waals surface area contributed by atoms with E-state index in [0.717, 1.165) is 16.5 Å². The van der Waals surface area contributed by atoms with Crippen LogP contribution in [0.15, 0.2) is 29.4 Å². The van der Waals surface area contributed by atoms with Gasteiger partial charge >= 0.3 is 11.9 Å². The first-order valence-corrected chi connectivity index (χ1v) is 8.47. The zero-order chi connectivity index (χ0) is 19.8. The number of para-hydroxylation sites is 1. The number of carbonyl (C=O) groups is 2. The number of fused-ring (bicyclic) bond motifs is 1. The summed E-state index contributed by atoms with van der Waals surface area (Å²) in [5.74, 6) is -2.50. The third-order valence-corrected chi connectivity index (χ3v) is 4.43. The number of esters is 2. The van der Waals surface area contributed by atoms with Gasteiger partial charge in [0.1, 0.15) is 0 Å². The van der Waals surface area contributed by atoms with Crippen LogP contribution in [0.4, 0.5) is 0 Å². The van der Waals surface area contributed by atoms with Crippen LogP contribution in [0.25, 0.3) is 21.3 Å². The van der Waals surface area contributed by atoms with Crippen LogP contribution in [0.5, 0.6) is 0 Å². The van der Waals surface area contributed by atoms with Crippen molar-refractivity contribution in [2.24, 2.45) is 11.0 Å². The molecule has 0 unspecified atom stereocenters. The first kappa shape index (κ1) is 20.3. The lowest BCUT2D eigenvalue weighted by molar-refractivity contribution is -0.159. The van der Waals surface area contributed by atoms with E-state index in [1.165, 1.54) is 14.2 Å². The lowest BCUT2D eigenvalue weighted by Crippen LogP contribution is -2.27. The highest BCUT2D eigenvalue weighted by atomic mass is 16.5. The molecule has 1 atom stereocenters. The minimum absolute atomic E-state index is 0.0647. The third-order valence-electron chi connectivity index (χ3n) is 4.43. The Morgan fingerprint density at radius 2 is 1.89 bits per heavy atom. The maximum absolute atomic E-state index is 11.9. The lowest BCUT2D eigenvalue weighted by Gasteiger charge is -2.16. The molecule has 144 valence electrons. The highest BCUT2D eigenvalue weighted by Crippen LogP contribution is 2.33. The number of aliphatic hydroxyl groups excluding tert-OH is 1. The summed E-state index contributed by atoms with van der Waals surface area (Å²) >= 11 is 0. The number of benzene rings is 1. The van der Waals surface area contributed by atoms with E-state index in [1.54, 1.807) is 0 Å². The number of carbonyl (C=O) groups excluding carboxylic acids is 2. The van der Waals surface area contributed by atoms with Crippen molar-refractivity contribution < 1.29 is 24.2 Å². The van der Waals surface area contributed by atoms with Gasteiger partial charge in [-0.05, 0) is 36.4 Å². The molecule has 0 aliphatic heterocycles. The molecule has 0 spiro atoms. The van der Waals surface area contributed by atoms with Gasteiger partial charge in [0.15, 0.2) is 5.92 Å². The average molecular weight is 374 g/mol. The summed E-state index contributed by atoms with van der Waals surface area (Å²) in [4.78, 5) is 29.9. The number of hydrogen-bond acceptors (Lipinski definition) is 6. The number of aromatic amines is 1. The number of methoxy groups -OCH3 is 2. The molecule has 0 amide bonds. The number of azide groups is 1. The van der Waals surface area contributed by atoms with Gasteiger partial charge in [-0.1, -0.05) is 23.3 Å². The van der Waals surface area contributed by atoms with Crippen LogP contribution < -0.4 is 0 Å². The van der Waals surface area contributed by atoms with Crippen molar-refractivity contribution in [3.63, 3.8) is 0 Å². The SMILES string of the molecule is COC(=O)C(CC[C@H](N=[N+]=[N-])c1[nH]c2ccccc2c1CCO)C(=O)OC. The molecule has 0 aliphatic rings. The number of hydrogen-bond donors (Lipinski definition) is 2. The van der Waals surface area contributed by atoms with Gasteiger partial charge in [0.2, 0.25) is 0 Å². The number of rotatable bonds is 9. The summed E-state index contributed by atoms with van der Waals surface area (Å²) in [7, 11) is 2.39. The van der Waals surface area contributed by atoms with E-state index < -0.39 is 23.9 Å². The van der Waals surface area contributed by atoms with E-state index >= 15 is 0 Å². The highest BCUT2D eigenvalue weighted by Gasteiger charge is 2.30. The van der Waals surface area contributed by atoms with Gasteiger partial charge in [0, 0.05) is 28.1 Å². The van der Waals surface area contributed by atoms with Crippen LogP contribution in [0.2, 0.25) is 0 Å². The summed E-state index contributed by atoms with van der Waals surface area (Å²) in [5, 5.41) is 14.2. The van der Waals surface area contributed by atoms with E-state index in [4.69, 9.17) is 5.53 Å². The number of nitrogens with zero attached hydrogens (tertiary/aromatic N) is 3. The molecule has 9 heteroatoms. The molecule has 0 saturated heterocycles. The number of ether oxygens (including phenoxy) is 2. The van der Waals surface area contributed by atoms with Crippen molar-refractivity contribution in [3.8, 4) is 0 Å². The molecule has 1 aromatic heterocycles. The average Bonchev–Trinajstić information content (AvgIpc) is 3.05. The summed E-state index contributed by atoms with van der Waals surface area (Å²) in [6.07, 6.45) is 0.704. The quantitative estimate of drug-likeness (QED) is 0.228. The van der Waals surface area contributed by atoms with E-state index in [1.807, 2.05) is 24.3 Å². The molecular weight excluding hydrogens is 352 g/mol. The smallest absolute Gasteiger partial charge is 0.320 e. The van der Waals surface area contributed by atoms with E-state index in [-0.39, 0.29) is 19.4 Å². The molecule has 0 radical (unpaired) electrons. The standard InChI is InChI=1S/C18H22N4O5/c1-26-17(24)13(18(25)27-2)7-8-15(21-22-19)16-12(9-10-23)11-5-3-4-6-14(11)20-16/h3-6,13,15,20,23H,7-10H2,1-2H3/t15-/m0/s1. The van der Waals surface area contributed by atoms with Crippen molar-refractivity contribution in [3.05, 3.63) is 46.0 Å². The lowest BCUT2D eigenvalue weighted by atomic mass is 9.96. The van der Waals surface area contributed by atoms with E-state index in [2.05, 4.69) is 24.5 Å².